The number of hydrogen-bond donors (Lipinski definition) is 1. The fourth-order valence-electron chi connectivity index (χ4n) is 2.11. The molecule has 108 valence electrons. The lowest BCUT2D eigenvalue weighted by atomic mass is 10.1. The van der Waals surface area contributed by atoms with E-state index in [1.54, 1.807) is 0 Å². The van der Waals surface area contributed by atoms with Crippen LogP contribution in [0.4, 0.5) is 0 Å². The van der Waals surface area contributed by atoms with Crippen LogP contribution in [0.3, 0.4) is 0 Å². The molecule has 0 aromatic carbocycles. The van der Waals surface area contributed by atoms with Gasteiger partial charge in [0.2, 0.25) is 5.91 Å². The topological polar surface area (TPSA) is 29.1 Å². The van der Waals surface area contributed by atoms with Crippen molar-refractivity contribution in [1.29, 1.82) is 0 Å². The molecule has 0 aliphatic heterocycles. The Hall–Kier alpha value is -0.530. The zero-order chi connectivity index (χ0) is 13.5. The fourth-order valence-corrected chi connectivity index (χ4v) is 2.11. The normalized spacial score (nSPS) is 10.6. The molecule has 0 aliphatic carbocycles. The SMILES string of the molecule is CCCCCCCCNC(=O)CCCCCCC. The van der Waals surface area contributed by atoms with Crippen LogP contribution < -0.4 is 5.32 Å². The van der Waals surface area contributed by atoms with E-state index in [9.17, 15) is 4.79 Å². The summed E-state index contributed by atoms with van der Waals surface area (Å²) in [7, 11) is 0. The minimum absolute atomic E-state index is 0.250. The molecule has 0 saturated carbocycles. The molecule has 0 fully saturated rings. The van der Waals surface area contributed by atoms with Crippen molar-refractivity contribution in [3.05, 3.63) is 0 Å². The van der Waals surface area contributed by atoms with Crippen LogP contribution in [0.15, 0.2) is 0 Å². The first-order valence-electron chi connectivity index (χ1n) is 8.08. The maximum Gasteiger partial charge on any atom is 0.219 e. The first-order chi connectivity index (χ1) is 8.81. The number of nitrogens with one attached hydrogen (secondary N) is 1. The highest BCUT2D eigenvalue weighted by atomic mass is 16.1. The Morgan fingerprint density at radius 1 is 0.722 bits per heavy atom. The maximum atomic E-state index is 11.5. The third-order valence-electron chi connectivity index (χ3n) is 3.36. The van der Waals surface area contributed by atoms with Gasteiger partial charge < -0.3 is 5.32 Å². The van der Waals surface area contributed by atoms with Gasteiger partial charge in [0, 0.05) is 13.0 Å². The summed E-state index contributed by atoms with van der Waals surface area (Å²) in [6.07, 6.45) is 14.6. The number of unbranched alkanes of at least 4 members (excludes halogenated alkanes) is 9. The molecule has 0 rings (SSSR count). The second-order valence-corrected chi connectivity index (χ2v) is 5.28. The first kappa shape index (κ1) is 17.5. The van der Waals surface area contributed by atoms with Crippen LogP contribution >= 0.6 is 0 Å². The van der Waals surface area contributed by atoms with Gasteiger partial charge >= 0.3 is 0 Å². The van der Waals surface area contributed by atoms with Crippen molar-refractivity contribution < 1.29 is 4.79 Å². The minimum Gasteiger partial charge on any atom is -0.356 e. The quantitative estimate of drug-likeness (QED) is 0.469. The van der Waals surface area contributed by atoms with E-state index >= 15 is 0 Å². The average Bonchev–Trinajstić information content (AvgIpc) is 2.37. The van der Waals surface area contributed by atoms with E-state index in [2.05, 4.69) is 19.2 Å². The summed E-state index contributed by atoms with van der Waals surface area (Å²) in [4.78, 5) is 11.5. The van der Waals surface area contributed by atoms with Crippen molar-refractivity contribution in [3.8, 4) is 0 Å². The molecule has 18 heavy (non-hydrogen) atoms. The molecule has 2 heteroatoms. The van der Waals surface area contributed by atoms with Gasteiger partial charge in [0.1, 0.15) is 0 Å². The van der Waals surface area contributed by atoms with Crippen LogP contribution in [0.2, 0.25) is 0 Å². The van der Waals surface area contributed by atoms with Crippen molar-refractivity contribution in [2.24, 2.45) is 0 Å². The van der Waals surface area contributed by atoms with Crippen molar-refractivity contribution in [3.63, 3.8) is 0 Å². The van der Waals surface area contributed by atoms with Crippen molar-refractivity contribution in [1.82, 2.24) is 5.32 Å². The molecule has 0 saturated heterocycles. The zero-order valence-electron chi connectivity index (χ0n) is 12.6. The van der Waals surface area contributed by atoms with E-state index in [0.29, 0.717) is 0 Å². The second-order valence-electron chi connectivity index (χ2n) is 5.28. The molecule has 0 atom stereocenters. The summed E-state index contributed by atoms with van der Waals surface area (Å²) in [5.41, 5.74) is 0. The lowest BCUT2D eigenvalue weighted by molar-refractivity contribution is -0.121. The number of amides is 1. The van der Waals surface area contributed by atoms with E-state index in [4.69, 9.17) is 0 Å². The Balaban J connectivity index is 3.12. The van der Waals surface area contributed by atoms with Crippen LogP contribution in [0, 0.1) is 0 Å². The maximum absolute atomic E-state index is 11.5. The van der Waals surface area contributed by atoms with E-state index in [0.717, 1.165) is 25.8 Å². The zero-order valence-corrected chi connectivity index (χ0v) is 12.6. The molecule has 0 unspecified atom stereocenters. The van der Waals surface area contributed by atoms with Gasteiger partial charge in [-0.15, -0.1) is 0 Å². The molecule has 0 aliphatic rings. The number of carbonyl (C=O) groups excluding carboxylic acids is 1. The lowest BCUT2D eigenvalue weighted by Crippen LogP contribution is -2.23. The molecule has 2 nitrogen and oxygen atoms in total. The third kappa shape index (κ3) is 13.5. The predicted molar refractivity (Wildman–Crippen MR) is 79.8 cm³/mol. The Kier molecular flexibility index (Phi) is 14.1. The molecule has 0 heterocycles. The highest BCUT2D eigenvalue weighted by Gasteiger charge is 1.99. The van der Waals surface area contributed by atoms with Gasteiger partial charge in [0.25, 0.3) is 0 Å². The summed E-state index contributed by atoms with van der Waals surface area (Å²) in [5, 5.41) is 3.03. The summed E-state index contributed by atoms with van der Waals surface area (Å²) in [6, 6.07) is 0. The third-order valence-corrected chi connectivity index (χ3v) is 3.36. The summed E-state index contributed by atoms with van der Waals surface area (Å²) in [6.45, 7) is 5.33. The van der Waals surface area contributed by atoms with E-state index < -0.39 is 0 Å². The summed E-state index contributed by atoms with van der Waals surface area (Å²) in [5.74, 6) is 0.250. The highest BCUT2D eigenvalue weighted by molar-refractivity contribution is 5.75. The van der Waals surface area contributed by atoms with Gasteiger partial charge in [-0.05, 0) is 12.8 Å². The summed E-state index contributed by atoms with van der Waals surface area (Å²) < 4.78 is 0. The molecular formula is C16H33NO. The van der Waals surface area contributed by atoms with Gasteiger partial charge in [0.15, 0.2) is 0 Å². The Bertz CT molecular complexity index is 180. The second kappa shape index (κ2) is 14.5. The number of carbonyl (C=O) groups is 1. The van der Waals surface area contributed by atoms with Crippen LogP contribution in [0.5, 0.6) is 0 Å². The van der Waals surface area contributed by atoms with Crippen LogP contribution in [-0.4, -0.2) is 12.5 Å². The van der Waals surface area contributed by atoms with Crippen LogP contribution in [0.1, 0.15) is 90.9 Å². The van der Waals surface area contributed by atoms with Gasteiger partial charge in [0.05, 0.1) is 0 Å². The first-order valence-corrected chi connectivity index (χ1v) is 8.08. The largest absolute Gasteiger partial charge is 0.356 e. The van der Waals surface area contributed by atoms with Gasteiger partial charge in [-0.3, -0.25) is 4.79 Å². The lowest BCUT2D eigenvalue weighted by Gasteiger charge is -2.05. The average molecular weight is 255 g/mol. The number of hydrogen-bond acceptors (Lipinski definition) is 1. The van der Waals surface area contributed by atoms with E-state index in [1.165, 1.54) is 57.8 Å². The van der Waals surface area contributed by atoms with Gasteiger partial charge in [-0.1, -0.05) is 71.6 Å². The highest BCUT2D eigenvalue weighted by Crippen LogP contribution is 2.05. The molecule has 0 bridgehead atoms. The van der Waals surface area contributed by atoms with E-state index in [-0.39, 0.29) is 5.91 Å². The monoisotopic (exact) mass is 255 g/mol. The molecule has 0 spiro atoms. The van der Waals surface area contributed by atoms with Crippen LogP contribution in [0.25, 0.3) is 0 Å². The van der Waals surface area contributed by atoms with E-state index in [1.807, 2.05) is 0 Å². The van der Waals surface area contributed by atoms with Crippen molar-refractivity contribution >= 4 is 5.91 Å². The standard InChI is InChI=1S/C16H33NO/c1-3-5-7-9-11-13-15-17-16(18)14-12-10-8-6-4-2/h3-15H2,1-2H3,(H,17,18). The van der Waals surface area contributed by atoms with Crippen molar-refractivity contribution in [2.45, 2.75) is 90.9 Å². The Morgan fingerprint density at radius 2 is 1.22 bits per heavy atom. The molecular weight excluding hydrogens is 222 g/mol. The van der Waals surface area contributed by atoms with Crippen molar-refractivity contribution in [2.75, 3.05) is 6.54 Å². The molecule has 0 aromatic rings. The molecule has 1 amide bonds. The molecule has 0 aromatic heterocycles. The van der Waals surface area contributed by atoms with Gasteiger partial charge in [-0.2, -0.15) is 0 Å². The molecule has 1 N–H and O–H groups in total. The Labute approximate surface area is 114 Å². The fraction of sp³-hybridized carbons (Fsp3) is 0.938. The van der Waals surface area contributed by atoms with Gasteiger partial charge in [-0.25, -0.2) is 0 Å². The summed E-state index contributed by atoms with van der Waals surface area (Å²) >= 11 is 0. The molecule has 0 radical (unpaired) electrons. The Morgan fingerprint density at radius 3 is 1.83 bits per heavy atom. The van der Waals surface area contributed by atoms with Crippen LogP contribution in [-0.2, 0) is 4.79 Å². The smallest absolute Gasteiger partial charge is 0.219 e. The number of rotatable bonds is 13. The predicted octanol–water partition coefficient (Wildman–Crippen LogP) is 4.82. The minimum atomic E-state index is 0.250.